The minimum atomic E-state index is -1.13. The molecule has 1 atom stereocenters. The van der Waals surface area contributed by atoms with E-state index in [1.165, 1.54) is 18.2 Å². The molecule has 1 heterocycles. The van der Waals surface area contributed by atoms with Gasteiger partial charge in [-0.05, 0) is 38.0 Å². The normalized spacial score (nSPS) is 14.1. The van der Waals surface area contributed by atoms with Crippen LogP contribution in [0.15, 0.2) is 24.3 Å². The van der Waals surface area contributed by atoms with Crippen LogP contribution in [0.3, 0.4) is 0 Å². The first kappa shape index (κ1) is 20.1. The van der Waals surface area contributed by atoms with Gasteiger partial charge in [-0.25, -0.2) is 14.4 Å². The van der Waals surface area contributed by atoms with Crippen molar-refractivity contribution in [3.8, 4) is 0 Å². The first-order valence-corrected chi connectivity index (χ1v) is 7.64. The molecule has 1 aliphatic rings. The van der Waals surface area contributed by atoms with Gasteiger partial charge >= 0.3 is 18.0 Å². The van der Waals surface area contributed by atoms with E-state index in [9.17, 15) is 19.2 Å². The molecule has 0 saturated carbocycles. The number of carbonyl (C=O) groups is 4. The molecule has 0 unspecified atom stereocenters. The predicted octanol–water partition coefficient (Wildman–Crippen LogP) is 0.749. The first-order chi connectivity index (χ1) is 11.7. The molecule has 2 rings (SSSR count). The lowest BCUT2D eigenvalue weighted by Gasteiger charge is -2.15. The number of nitrogens with zero attached hydrogens (tertiary/aromatic N) is 1. The van der Waals surface area contributed by atoms with Crippen molar-refractivity contribution in [2.24, 2.45) is 5.73 Å². The fourth-order valence-corrected chi connectivity index (χ4v) is 2.00. The number of imide groups is 1. The Kier molecular flexibility index (Phi) is 7.54. The van der Waals surface area contributed by atoms with E-state index >= 15 is 0 Å². The highest BCUT2D eigenvalue weighted by atomic mass is 16.4. The van der Waals surface area contributed by atoms with Gasteiger partial charge in [-0.3, -0.25) is 10.1 Å². The molecule has 1 aliphatic heterocycles. The molecule has 3 amide bonds. The quantitative estimate of drug-likeness (QED) is 0.627. The number of amides is 3. The van der Waals surface area contributed by atoms with Crippen molar-refractivity contribution in [3.63, 3.8) is 0 Å². The maximum absolute atomic E-state index is 11.3. The topological polar surface area (TPSA) is 150 Å². The fourth-order valence-electron chi connectivity index (χ4n) is 2.00. The summed E-state index contributed by atoms with van der Waals surface area (Å²) in [5.41, 5.74) is 5.26. The van der Waals surface area contributed by atoms with Crippen LogP contribution in [0.5, 0.6) is 0 Å². The van der Waals surface area contributed by atoms with Gasteiger partial charge in [-0.15, -0.1) is 0 Å². The summed E-state index contributed by atoms with van der Waals surface area (Å²) in [7, 11) is 0. The SMILES string of the molecule is C[C@H](N)C(=O)NC(=O)N1CCCC1.O=C(O)c1cccc(C(=O)O)c1. The molecule has 0 spiro atoms. The molecular weight excluding hydrogens is 330 g/mol. The Bertz CT molecular complexity index is 624. The molecule has 136 valence electrons. The van der Waals surface area contributed by atoms with Crippen molar-refractivity contribution in [1.82, 2.24) is 10.2 Å². The zero-order valence-corrected chi connectivity index (χ0v) is 13.8. The van der Waals surface area contributed by atoms with Gasteiger partial charge < -0.3 is 20.8 Å². The van der Waals surface area contributed by atoms with Crippen LogP contribution in [0.2, 0.25) is 0 Å². The van der Waals surface area contributed by atoms with Gasteiger partial charge in [0.1, 0.15) is 0 Å². The number of nitrogens with two attached hydrogens (primary N) is 1. The van der Waals surface area contributed by atoms with Crippen LogP contribution in [0, 0.1) is 0 Å². The average Bonchev–Trinajstić information content (AvgIpc) is 3.10. The summed E-state index contributed by atoms with van der Waals surface area (Å²) in [6.45, 7) is 3.02. The van der Waals surface area contributed by atoms with Gasteiger partial charge in [0.15, 0.2) is 0 Å². The summed E-state index contributed by atoms with van der Waals surface area (Å²) >= 11 is 0. The summed E-state index contributed by atoms with van der Waals surface area (Å²) in [6.07, 6.45) is 2.03. The van der Waals surface area contributed by atoms with Crippen LogP contribution < -0.4 is 11.1 Å². The van der Waals surface area contributed by atoms with Crippen molar-refractivity contribution >= 4 is 23.9 Å². The van der Waals surface area contributed by atoms with Crippen molar-refractivity contribution in [2.75, 3.05) is 13.1 Å². The number of benzene rings is 1. The Morgan fingerprint density at radius 3 is 1.96 bits per heavy atom. The number of hydrogen-bond acceptors (Lipinski definition) is 5. The van der Waals surface area contributed by atoms with E-state index < -0.39 is 23.9 Å². The minimum absolute atomic E-state index is 0.0186. The Hall–Kier alpha value is -2.94. The van der Waals surface area contributed by atoms with Crippen LogP contribution in [-0.2, 0) is 4.79 Å². The van der Waals surface area contributed by atoms with Crippen LogP contribution >= 0.6 is 0 Å². The highest BCUT2D eigenvalue weighted by molar-refractivity contribution is 5.96. The maximum Gasteiger partial charge on any atom is 0.335 e. The number of carboxylic acid groups (broad SMARTS) is 2. The van der Waals surface area contributed by atoms with Crippen LogP contribution in [0.25, 0.3) is 0 Å². The summed E-state index contributed by atoms with van der Waals surface area (Å²) in [4.78, 5) is 44.7. The van der Waals surface area contributed by atoms with E-state index in [1.807, 2.05) is 0 Å². The number of likely N-dealkylation sites (tertiary alicyclic amines) is 1. The van der Waals surface area contributed by atoms with Crippen molar-refractivity contribution < 1.29 is 29.4 Å². The van der Waals surface area contributed by atoms with E-state index in [4.69, 9.17) is 15.9 Å². The zero-order chi connectivity index (χ0) is 19.0. The molecule has 0 aromatic heterocycles. The third kappa shape index (κ3) is 6.60. The molecule has 5 N–H and O–H groups in total. The molecule has 0 radical (unpaired) electrons. The van der Waals surface area contributed by atoms with E-state index in [0.29, 0.717) is 0 Å². The lowest BCUT2D eigenvalue weighted by Crippen LogP contribution is -2.47. The van der Waals surface area contributed by atoms with Gasteiger partial charge in [-0.2, -0.15) is 0 Å². The monoisotopic (exact) mass is 351 g/mol. The van der Waals surface area contributed by atoms with Gasteiger partial charge in [0, 0.05) is 13.1 Å². The minimum Gasteiger partial charge on any atom is -0.478 e. The smallest absolute Gasteiger partial charge is 0.335 e. The second-order valence-electron chi connectivity index (χ2n) is 5.47. The van der Waals surface area contributed by atoms with Crippen molar-refractivity contribution in [2.45, 2.75) is 25.8 Å². The zero-order valence-electron chi connectivity index (χ0n) is 13.8. The number of carboxylic acids is 2. The van der Waals surface area contributed by atoms with E-state index in [1.54, 1.807) is 11.8 Å². The second kappa shape index (κ2) is 9.38. The molecule has 1 saturated heterocycles. The molecule has 1 aromatic carbocycles. The van der Waals surface area contributed by atoms with E-state index in [0.717, 1.165) is 32.0 Å². The van der Waals surface area contributed by atoms with Gasteiger partial charge in [0.25, 0.3) is 0 Å². The predicted molar refractivity (Wildman–Crippen MR) is 88.4 cm³/mol. The van der Waals surface area contributed by atoms with Crippen LogP contribution in [-0.4, -0.2) is 58.1 Å². The summed E-state index contributed by atoms with van der Waals surface area (Å²) in [6, 6.07) is 4.24. The van der Waals surface area contributed by atoms with Crippen molar-refractivity contribution in [1.29, 1.82) is 0 Å². The fraction of sp³-hybridized carbons (Fsp3) is 0.375. The second-order valence-corrected chi connectivity index (χ2v) is 5.47. The van der Waals surface area contributed by atoms with Crippen LogP contribution in [0.1, 0.15) is 40.5 Å². The van der Waals surface area contributed by atoms with Gasteiger partial charge in [0.2, 0.25) is 5.91 Å². The largest absolute Gasteiger partial charge is 0.478 e. The molecular formula is C16H21N3O6. The Morgan fingerprint density at radius 1 is 1.08 bits per heavy atom. The van der Waals surface area contributed by atoms with Crippen molar-refractivity contribution in [3.05, 3.63) is 35.4 Å². The first-order valence-electron chi connectivity index (χ1n) is 7.64. The number of nitrogens with one attached hydrogen (secondary N) is 1. The number of carbonyl (C=O) groups excluding carboxylic acids is 2. The molecule has 1 aromatic rings. The average molecular weight is 351 g/mol. The lowest BCUT2D eigenvalue weighted by molar-refractivity contribution is -0.121. The third-order valence-corrected chi connectivity index (χ3v) is 3.39. The molecule has 9 nitrogen and oxygen atoms in total. The number of aromatic carboxylic acids is 2. The third-order valence-electron chi connectivity index (χ3n) is 3.39. The maximum atomic E-state index is 11.3. The number of rotatable bonds is 3. The molecule has 9 heteroatoms. The van der Waals surface area contributed by atoms with E-state index in [-0.39, 0.29) is 17.2 Å². The van der Waals surface area contributed by atoms with E-state index in [2.05, 4.69) is 5.32 Å². The molecule has 1 fully saturated rings. The van der Waals surface area contributed by atoms with Crippen LogP contribution in [0.4, 0.5) is 4.79 Å². The summed E-state index contributed by atoms with van der Waals surface area (Å²) in [5, 5.41) is 19.2. The molecule has 0 aliphatic carbocycles. The standard InChI is InChI=1S/C8H15N3O2.C8H6O4/c1-6(9)7(12)10-8(13)11-4-2-3-5-11;9-7(10)5-2-1-3-6(4-5)8(11)12/h6H,2-5,9H2,1H3,(H,10,12,13);1-4H,(H,9,10)(H,11,12)/t6-;/m0./s1. The highest BCUT2D eigenvalue weighted by Crippen LogP contribution is 2.06. The lowest BCUT2D eigenvalue weighted by atomic mass is 10.1. The Labute approximate surface area is 144 Å². The van der Waals surface area contributed by atoms with Gasteiger partial charge in [-0.1, -0.05) is 6.07 Å². The Morgan fingerprint density at radius 2 is 1.56 bits per heavy atom. The van der Waals surface area contributed by atoms with Gasteiger partial charge in [0.05, 0.1) is 17.2 Å². The molecule has 0 bridgehead atoms. The highest BCUT2D eigenvalue weighted by Gasteiger charge is 2.20. The number of urea groups is 1. The summed E-state index contributed by atoms with van der Waals surface area (Å²) < 4.78 is 0. The Balaban J connectivity index is 0.000000251. The summed E-state index contributed by atoms with van der Waals surface area (Å²) in [5.74, 6) is -2.67. The number of hydrogen-bond donors (Lipinski definition) is 4. The molecule has 25 heavy (non-hydrogen) atoms.